The first-order chi connectivity index (χ1) is 8.65. The second-order valence-electron chi connectivity index (χ2n) is 3.98. The van der Waals surface area contributed by atoms with Gasteiger partial charge in [0.15, 0.2) is 0 Å². The smallest absolute Gasteiger partial charge is 0.211 e. The Kier molecular flexibility index (Phi) is 3.79. The highest BCUT2D eigenvalue weighted by Crippen LogP contribution is 2.27. The fraction of sp³-hybridized carbons (Fsp3) is 0.231. The molecule has 0 saturated heterocycles. The van der Waals surface area contributed by atoms with Crippen molar-refractivity contribution in [2.45, 2.75) is 13.5 Å². The van der Waals surface area contributed by atoms with Gasteiger partial charge in [0, 0.05) is 18.2 Å². The molecule has 0 radical (unpaired) electrons. The maximum atomic E-state index is 10.5. The fourth-order valence-electron chi connectivity index (χ4n) is 1.91. The number of aromatic nitrogens is 1. The van der Waals surface area contributed by atoms with E-state index in [0.717, 1.165) is 27.7 Å². The van der Waals surface area contributed by atoms with E-state index in [1.807, 2.05) is 19.1 Å². The summed E-state index contributed by atoms with van der Waals surface area (Å²) in [6.45, 7) is 2.40. The molecular weight excluding hydrogens is 252 g/mol. The van der Waals surface area contributed by atoms with Gasteiger partial charge in [-0.25, -0.2) is 4.98 Å². The molecule has 2 aromatic rings. The molecule has 5 heteroatoms. The fourth-order valence-corrected chi connectivity index (χ4v) is 2.13. The van der Waals surface area contributed by atoms with Crippen LogP contribution in [0.3, 0.4) is 0 Å². The number of fused-ring (bicyclic) bond motifs is 1. The third-order valence-corrected chi connectivity index (χ3v) is 2.92. The Morgan fingerprint density at radius 2 is 2.22 bits per heavy atom. The standard InChI is InChI=1S/C13H13ClN2O2/c1-8-3-10-9(6-18-2)4-13(14)16-12(10)5-11(8)15-7-17/h3-5,7H,6H2,1-2H3,(H,15,17). The molecule has 0 unspecified atom stereocenters. The van der Waals surface area contributed by atoms with Gasteiger partial charge in [-0.15, -0.1) is 0 Å². The molecule has 0 aliphatic heterocycles. The zero-order valence-electron chi connectivity index (χ0n) is 10.2. The lowest BCUT2D eigenvalue weighted by Crippen LogP contribution is -1.99. The van der Waals surface area contributed by atoms with Gasteiger partial charge in [0.05, 0.1) is 12.1 Å². The lowest BCUT2D eigenvalue weighted by Gasteiger charge is -2.10. The number of carbonyl (C=O) groups is 1. The minimum Gasteiger partial charge on any atom is -0.380 e. The number of pyridine rings is 1. The largest absolute Gasteiger partial charge is 0.380 e. The molecule has 1 N–H and O–H groups in total. The molecule has 1 heterocycles. The average molecular weight is 265 g/mol. The second-order valence-corrected chi connectivity index (χ2v) is 4.37. The Morgan fingerprint density at radius 1 is 1.44 bits per heavy atom. The topological polar surface area (TPSA) is 51.2 Å². The van der Waals surface area contributed by atoms with Crippen molar-refractivity contribution < 1.29 is 9.53 Å². The van der Waals surface area contributed by atoms with Crippen LogP contribution in [0.15, 0.2) is 18.2 Å². The number of hydrogen-bond donors (Lipinski definition) is 1. The van der Waals surface area contributed by atoms with Crippen LogP contribution >= 0.6 is 11.6 Å². The number of rotatable bonds is 4. The van der Waals surface area contributed by atoms with E-state index >= 15 is 0 Å². The molecule has 0 aliphatic carbocycles. The zero-order valence-corrected chi connectivity index (χ0v) is 10.9. The lowest BCUT2D eigenvalue weighted by atomic mass is 10.1. The van der Waals surface area contributed by atoms with Crippen LogP contribution in [0, 0.1) is 6.92 Å². The molecule has 2 rings (SSSR count). The Hall–Kier alpha value is -1.65. The van der Waals surface area contributed by atoms with Gasteiger partial charge in [-0.3, -0.25) is 4.79 Å². The van der Waals surface area contributed by atoms with Crippen LogP contribution in [0.5, 0.6) is 0 Å². The molecule has 0 atom stereocenters. The Morgan fingerprint density at radius 3 is 2.89 bits per heavy atom. The van der Waals surface area contributed by atoms with E-state index in [2.05, 4.69) is 10.3 Å². The summed E-state index contributed by atoms with van der Waals surface area (Å²) in [4.78, 5) is 14.8. The Balaban J connectivity index is 2.66. The van der Waals surface area contributed by atoms with E-state index in [0.29, 0.717) is 18.2 Å². The number of nitrogens with zero attached hydrogens (tertiary/aromatic N) is 1. The summed E-state index contributed by atoms with van der Waals surface area (Å²) in [6.07, 6.45) is 0.648. The molecular formula is C13H13ClN2O2. The van der Waals surface area contributed by atoms with Gasteiger partial charge in [0.1, 0.15) is 5.15 Å². The number of aryl methyl sites for hydroxylation is 1. The summed E-state index contributed by atoms with van der Waals surface area (Å²) in [5.74, 6) is 0. The monoisotopic (exact) mass is 264 g/mol. The van der Waals surface area contributed by atoms with Gasteiger partial charge < -0.3 is 10.1 Å². The third-order valence-electron chi connectivity index (χ3n) is 2.72. The van der Waals surface area contributed by atoms with Crippen LogP contribution in [-0.2, 0) is 16.1 Å². The molecule has 1 aromatic carbocycles. The van der Waals surface area contributed by atoms with Crippen molar-refractivity contribution in [2.75, 3.05) is 12.4 Å². The maximum absolute atomic E-state index is 10.5. The van der Waals surface area contributed by atoms with Gasteiger partial charge in [-0.1, -0.05) is 11.6 Å². The first-order valence-electron chi connectivity index (χ1n) is 5.44. The molecule has 0 fully saturated rings. The normalized spacial score (nSPS) is 10.6. The summed E-state index contributed by atoms with van der Waals surface area (Å²) in [5.41, 5.74) is 3.42. The van der Waals surface area contributed by atoms with Gasteiger partial charge in [0.25, 0.3) is 0 Å². The quantitative estimate of drug-likeness (QED) is 0.682. The van der Waals surface area contributed by atoms with Crippen molar-refractivity contribution in [3.8, 4) is 0 Å². The lowest BCUT2D eigenvalue weighted by molar-refractivity contribution is -0.105. The van der Waals surface area contributed by atoms with Crippen molar-refractivity contribution in [1.29, 1.82) is 0 Å². The van der Waals surface area contributed by atoms with E-state index in [9.17, 15) is 4.79 Å². The molecule has 0 aliphatic rings. The maximum Gasteiger partial charge on any atom is 0.211 e. The summed E-state index contributed by atoms with van der Waals surface area (Å²) < 4.78 is 5.15. The SMILES string of the molecule is COCc1cc(Cl)nc2cc(NC=O)c(C)cc12. The third kappa shape index (κ3) is 2.44. The predicted octanol–water partition coefficient (Wildman–Crippen LogP) is 2.91. The van der Waals surface area contributed by atoms with Gasteiger partial charge in [-0.05, 0) is 36.2 Å². The number of amides is 1. The van der Waals surface area contributed by atoms with Crippen LogP contribution in [0.4, 0.5) is 5.69 Å². The Labute approximate surface area is 110 Å². The van der Waals surface area contributed by atoms with Crippen molar-refractivity contribution in [1.82, 2.24) is 4.98 Å². The predicted molar refractivity (Wildman–Crippen MR) is 71.9 cm³/mol. The molecule has 18 heavy (non-hydrogen) atoms. The number of halogens is 1. The Bertz CT molecular complexity index is 599. The summed E-state index contributed by atoms with van der Waals surface area (Å²) >= 11 is 5.97. The van der Waals surface area contributed by atoms with E-state index < -0.39 is 0 Å². The van der Waals surface area contributed by atoms with Crippen LogP contribution in [0.25, 0.3) is 10.9 Å². The highest BCUT2D eigenvalue weighted by atomic mass is 35.5. The van der Waals surface area contributed by atoms with E-state index in [-0.39, 0.29) is 0 Å². The first-order valence-corrected chi connectivity index (χ1v) is 5.82. The number of hydrogen-bond acceptors (Lipinski definition) is 3. The highest BCUT2D eigenvalue weighted by molar-refractivity contribution is 6.30. The number of benzene rings is 1. The number of ether oxygens (including phenoxy) is 1. The van der Waals surface area contributed by atoms with Gasteiger partial charge in [-0.2, -0.15) is 0 Å². The molecule has 0 spiro atoms. The minimum atomic E-state index is 0.412. The van der Waals surface area contributed by atoms with E-state index in [1.165, 1.54) is 0 Å². The second kappa shape index (κ2) is 5.33. The first kappa shape index (κ1) is 12.8. The van der Waals surface area contributed by atoms with E-state index in [1.54, 1.807) is 13.2 Å². The molecule has 1 amide bonds. The number of nitrogens with one attached hydrogen (secondary N) is 1. The van der Waals surface area contributed by atoms with E-state index in [4.69, 9.17) is 16.3 Å². The zero-order chi connectivity index (χ0) is 13.1. The van der Waals surface area contributed by atoms with Crippen molar-refractivity contribution in [3.05, 3.63) is 34.5 Å². The number of carbonyl (C=O) groups excluding carboxylic acids is 1. The highest BCUT2D eigenvalue weighted by Gasteiger charge is 2.08. The van der Waals surface area contributed by atoms with Crippen molar-refractivity contribution in [3.63, 3.8) is 0 Å². The summed E-state index contributed by atoms with van der Waals surface area (Å²) in [6, 6.07) is 5.57. The van der Waals surface area contributed by atoms with Gasteiger partial charge >= 0.3 is 0 Å². The minimum absolute atomic E-state index is 0.412. The number of anilines is 1. The molecule has 0 bridgehead atoms. The van der Waals surface area contributed by atoms with Gasteiger partial charge in [0.2, 0.25) is 6.41 Å². The molecule has 0 saturated carbocycles. The van der Waals surface area contributed by atoms with Crippen LogP contribution in [0.2, 0.25) is 5.15 Å². The van der Waals surface area contributed by atoms with Crippen LogP contribution in [-0.4, -0.2) is 18.5 Å². The van der Waals surface area contributed by atoms with Crippen LogP contribution in [0.1, 0.15) is 11.1 Å². The molecule has 94 valence electrons. The van der Waals surface area contributed by atoms with Crippen molar-refractivity contribution in [2.24, 2.45) is 0 Å². The average Bonchev–Trinajstić information content (AvgIpc) is 2.32. The molecule has 1 aromatic heterocycles. The summed E-state index contributed by atoms with van der Waals surface area (Å²) in [7, 11) is 1.63. The molecule has 4 nitrogen and oxygen atoms in total. The van der Waals surface area contributed by atoms with Crippen molar-refractivity contribution >= 4 is 34.6 Å². The van der Waals surface area contributed by atoms with Crippen LogP contribution < -0.4 is 5.32 Å². The summed E-state index contributed by atoms with van der Waals surface area (Å²) in [5, 5.41) is 4.04. The number of methoxy groups -OCH3 is 1.